The fourth-order valence-electron chi connectivity index (χ4n) is 1.94. The van der Waals surface area contributed by atoms with Crippen LogP contribution in [0, 0.1) is 6.92 Å². The van der Waals surface area contributed by atoms with E-state index in [0.29, 0.717) is 12.2 Å². The summed E-state index contributed by atoms with van der Waals surface area (Å²) in [6, 6.07) is 3.67. The molecule has 0 fully saturated rings. The van der Waals surface area contributed by atoms with Crippen molar-refractivity contribution in [3.8, 4) is 0 Å². The van der Waals surface area contributed by atoms with Gasteiger partial charge in [0.1, 0.15) is 5.69 Å². The first-order valence-corrected chi connectivity index (χ1v) is 7.03. The Balaban J connectivity index is 2.08. The van der Waals surface area contributed by atoms with Gasteiger partial charge in [0.25, 0.3) is 5.91 Å². The van der Waals surface area contributed by atoms with Gasteiger partial charge in [-0.1, -0.05) is 25.3 Å². The van der Waals surface area contributed by atoms with Crippen molar-refractivity contribution in [1.82, 2.24) is 10.3 Å². The summed E-state index contributed by atoms with van der Waals surface area (Å²) in [5.74, 6) is -0.864. The Morgan fingerprint density at radius 1 is 1.20 bits per heavy atom. The van der Waals surface area contributed by atoms with Gasteiger partial charge in [0.15, 0.2) is 0 Å². The van der Waals surface area contributed by atoms with Crippen LogP contribution >= 0.6 is 0 Å². The number of carbonyl (C=O) groups excluding carboxylic acids is 1. The predicted octanol–water partition coefficient (Wildman–Crippen LogP) is 2.55. The third-order valence-electron chi connectivity index (χ3n) is 3.08. The zero-order chi connectivity index (χ0) is 14.8. The summed E-state index contributed by atoms with van der Waals surface area (Å²) >= 11 is 0. The minimum absolute atomic E-state index is 0.131. The summed E-state index contributed by atoms with van der Waals surface area (Å²) in [6.45, 7) is 2.50. The number of aryl methyl sites for hydroxylation is 1. The highest BCUT2D eigenvalue weighted by Gasteiger charge is 2.08. The van der Waals surface area contributed by atoms with Gasteiger partial charge in [0.2, 0.25) is 0 Å². The molecule has 110 valence electrons. The topological polar surface area (TPSA) is 79.3 Å². The first kappa shape index (κ1) is 16.1. The molecule has 1 aromatic heterocycles. The van der Waals surface area contributed by atoms with E-state index in [-0.39, 0.29) is 12.3 Å². The number of hydrogen-bond acceptors (Lipinski definition) is 3. The van der Waals surface area contributed by atoms with Crippen LogP contribution in [0.5, 0.6) is 0 Å². The van der Waals surface area contributed by atoms with E-state index < -0.39 is 5.97 Å². The first-order valence-electron chi connectivity index (χ1n) is 7.03. The van der Waals surface area contributed by atoms with Crippen molar-refractivity contribution in [2.24, 2.45) is 0 Å². The predicted molar refractivity (Wildman–Crippen MR) is 76.6 cm³/mol. The van der Waals surface area contributed by atoms with Crippen molar-refractivity contribution in [2.75, 3.05) is 6.54 Å². The number of unbranched alkanes of at least 4 members (excludes halogenated alkanes) is 4. The number of hydrogen-bond donors (Lipinski definition) is 2. The molecule has 1 heterocycles. The smallest absolute Gasteiger partial charge is 0.303 e. The molecule has 0 bridgehead atoms. The van der Waals surface area contributed by atoms with Gasteiger partial charge in [0.05, 0.1) is 0 Å². The minimum atomic E-state index is -0.733. The Labute approximate surface area is 119 Å². The van der Waals surface area contributed by atoms with Crippen LogP contribution in [0.4, 0.5) is 0 Å². The molecule has 0 aliphatic rings. The van der Waals surface area contributed by atoms with E-state index in [1.54, 1.807) is 6.20 Å². The number of nitrogens with one attached hydrogen (secondary N) is 1. The lowest BCUT2D eigenvalue weighted by Gasteiger charge is -2.06. The van der Waals surface area contributed by atoms with Crippen LogP contribution in [0.2, 0.25) is 0 Å². The van der Waals surface area contributed by atoms with Crippen molar-refractivity contribution in [3.63, 3.8) is 0 Å². The van der Waals surface area contributed by atoms with E-state index in [1.165, 1.54) is 0 Å². The molecule has 1 aromatic rings. The Kier molecular flexibility index (Phi) is 7.32. The molecule has 0 saturated carbocycles. The molecule has 0 atom stereocenters. The van der Waals surface area contributed by atoms with E-state index in [1.807, 2.05) is 19.1 Å². The number of aliphatic carboxylic acids is 1. The average molecular weight is 278 g/mol. The molecule has 20 heavy (non-hydrogen) atoms. The number of carboxylic acids is 1. The monoisotopic (exact) mass is 278 g/mol. The Morgan fingerprint density at radius 2 is 1.90 bits per heavy atom. The summed E-state index contributed by atoms with van der Waals surface area (Å²) in [5, 5.41) is 11.3. The Bertz CT molecular complexity index is 446. The minimum Gasteiger partial charge on any atom is -0.481 e. The van der Waals surface area contributed by atoms with Crippen molar-refractivity contribution >= 4 is 11.9 Å². The molecule has 1 rings (SSSR count). The second-order valence-electron chi connectivity index (χ2n) is 4.84. The maximum atomic E-state index is 11.8. The van der Waals surface area contributed by atoms with Crippen LogP contribution in [0.15, 0.2) is 18.3 Å². The van der Waals surface area contributed by atoms with Crippen molar-refractivity contribution < 1.29 is 14.7 Å². The summed E-state index contributed by atoms with van der Waals surface area (Å²) in [6.07, 6.45) is 6.44. The zero-order valence-electron chi connectivity index (χ0n) is 11.9. The number of nitrogens with zero attached hydrogens (tertiary/aromatic N) is 1. The van der Waals surface area contributed by atoms with Crippen LogP contribution in [-0.4, -0.2) is 28.5 Å². The van der Waals surface area contributed by atoms with Gasteiger partial charge in [-0.2, -0.15) is 0 Å². The number of pyridine rings is 1. The van der Waals surface area contributed by atoms with Gasteiger partial charge >= 0.3 is 5.97 Å². The number of rotatable bonds is 9. The second-order valence-corrected chi connectivity index (χ2v) is 4.84. The molecule has 0 saturated heterocycles. The number of carboxylic acid groups (broad SMARTS) is 1. The molecule has 1 amide bonds. The van der Waals surface area contributed by atoms with E-state index in [9.17, 15) is 9.59 Å². The number of carbonyl (C=O) groups is 2. The van der Waals surface area contributed by atoms with Crippen LogP contribution < -0.4 is 5.32 Å². The SMILES string of the molecule is Cc1cccnc1C(=O)NCCCCCCCC(=O)O. The first-order chi connectivity index (χ1) is 9.61. The van der Waals surface area contributed by atoms with Gasteiger partial charge in [-0.05, 0) is 31.4 Å². The summed E-state index contributed by atoms with van der Waals surface area (Å²) in [4.78, 5) is 26.2. The summed E-state index contributed by atoms with van der Waals surface area (Å²) in [7, 11) is 0. The van der Waals surface area contributed by atoms with Crippen LogP contribution in [0.1, 0.15) is 54.6 Å². The highest BCUT2D eigenvalue weighted by atomic mass is 16.4. The molecule has 0 aromatic carbocycles. The molecule has 0 aliphatic carbocycles. The fraction of sp³-hybridized carbons (Fsp3) is 0.533. The number of aromatic nitrogens is 1. The molecule has 0 unspecified atom stereocenters. The summed E-state index contributed by atoms with van der Waals surface area (Å²) in [5.41, 5.74) is 1.35. The molecular formula is C15H22N2O3. The molecular weight excluding hydrogens is 256 g/mol. The quantitative estimate of drug-likeness (QED) is 0.680. The lowest BCUT2D eigenvalue weighted by molar-refractivity contribution is -0.137. The van der Waals surface area contributed by atoms with E-state index in [0.717, 1.165) is 37.7 Å². The second kappa shape index (κ2) is 9.07. The van der Waals surface area contributed by atoms with Gasteiger partial charge in [0, 0.05) is 19.2 Å². The summed E-state index contributed by atoms with van der Waals surface area (Å²) < 4.78 is 0. The van der Waals surface area contributed by atoms with Crippen LogP contribution in [0.25, 0.3) is 0 Å². The van der Waals surface area contributed by atoms with Gasteiger partial charge in [-0.3, -0.25) is 14.6 Å². The highest BCUT2D eigenvalue weighted by Crippen LogP contribution is 2.06. The van der Waals surface area contributed by atoms with Gasteiger partial charge < -0.3 is 10.4 Å². The lowest BCUT2D eigenvalue weighted by atomic mass is 10.1. The molecule has 0 aliphatic heterocycles. The highest BCUT2D eigenvalue weighted by molar-refractivity contribution is 5.93. The van der Waals surface area contributed by atoms with Gasteiger partial charge in [-0.25, -0.2) is 0 Å². The standard InChI is InChI=1S/C15H22N2O3/c1-12-8-7-11-16-14(12)15(20)17-10-6-4-2-3-5-9-13(18)19/h7-8,11H,2-6,9-10H2,1H3,(H,17,20)(H,18,19). The molecule has 0 radical (unpaired) electrons. The van der Waals surface area contributed by atoms with E-state index in [2.05, 4.69) is 10.3 Å². The average Bonchev–Trinajstić information content (AvgIpc) is 2.41. The molecule has 5 heteroatoms. The Morgan fingerprint density at radius 3 is 2.60 bits per heavy atom. The molecule has 2 N–H and O–H groups in total. The maximum Gasteiger partial charge on any atom is 0.303 e. The molecule has 5 nitrogen and oxygen atoms in total. The molecule has 0 spiro atoms. The largest absolute Gasteiger partial charge is 0.481 e. The third-order valence-corrected chi connectivity index (χ3v) is 3.08. The van der Waals surface area contributed by atoms with Crippen molar-refractivity contribution in [3.05, 3.63) is 29.6 Å². The van der Waals surface area contributed by atoms with E-state index >= 15 is 0 Å². The van der Waals surface area contributed by atoms with Crippen molar-refractivity contribution in [1.29, 1.82) is 0 Å². The zero-order valence-corrected chi connectivity index (χ0v) is 11.9. The number of amides is 1. The third kappa shape index (κ3) is 6.31. The van der Waals surface area contributed by atoms with Crippen LogP contribution in [0.3, 0.4) is 0 Å². The maximum absolute atomic E-state index is 11.8. The van der Waals surface area contributed by atoms with Crippen LogP contribution in [-0.2, 0) is 4.79 Å². The fourth-order valence-corrected chi connectivity index (χ4v) is 1.94. The van der Waals surface area contributed by atoms with Crippen molar-refractivity contribution in [2.45, 2.75) is 45.4 Å². The Hall–Kier alpha value is -1.91. The van der Waals surface area contributed by atoms with E-state index in [4.69, 9.17) is 5.11 Å². The van der Waals surface area contributed by atoms with Gasteiger partial charge in [-0.15, -0.1) is 0 Å². The normalized spacial score (nSPS) is 10.2. The lowest BCUT2D eigenvalue weighted by Crippen LogP contribution is -2.26.